The molecule has 0 aliphatic rings. The van der Waals surface area contributed by atoms with Crippen molar-refractivity contribution < 1.29 is 19.1 Å². The molecule has 7 heteroatoms. The Morgan fingerprint density at radius 1 is 1.17 bits per heavy atom. The van der Waals surface area contributed by atoms with Crippen LogP contribution in [0.1, 0.15) is 38.2 Å². The maximum Gasteiger partial charge on any atom is 0.312 e. The second-order valence-corrected chi connectivity index (χ2v) is 5.36. The molecule has 0 saturated carbocycles. The molecule has 7 nitrogen and oxygen atoms in total. The van der Waals surface area contributed by atoms with Crippen LogP contribution in [0.2, 0.25) is 0 Å². The number of amides is 3. The quantitative estimate of drug-likeness (QED) is 0.448. The molecule has 24 heavy (non-hydrogen) atoms. The zero-order valence-electron chi connectivity index (χ0n) is 14.0. The minimum atomic E-state index is -0.551. The predicted octanol–water partition coefficient (Wildman–Crippen LogP) is 1.96. The van der Waals surface area contributed by atoms with Gasteiger partial charge < -0.3 is 21.1 Å². The number of ether oxygens (including phenoxy) is 1. The third-order valence-corrected chi connectivity index (χ3v) is 3.34. The zero-order chi connectivity index (χ0) is 17.8. The molecule has 0 fully saturated rings. The van der Waals surface area contributed by atoms with Crippen molar-refractivity contribution in [2.45, 2.75) is 39.0 Å². The smallest absolute Gasteiger partial charge is 0.312 e. The molecule has 0 heterocycles. The van der Waals surface area contributed by atoms with Gasteiger partial charge in [0, 0.05) is 18.7 Å². The van der Waals surface area contributed by atoms with Gasteiger partial charge in [-0.3, -0.25) is 9.59 Å². The molecule has 1 aromatic rings. The fourth-order valence-corrected chi connectivity index (χ4v) is 2.07. The number of nitrogens with two attached hydrogens (primary N) is 1. The van der Waals surface area contributed by atoms with Gasteiger partial charge in [-0.1, -0.05) is 25.5 Å². The van der Waals surface area contributed by atoms with Crippen molar-refractivity contribution in [3.63, 3.8) is 0 Å². The Kier molecular flexibility index (Phi) is 8.96. The zero-order valence-corrected chi connectivity index (χ0v) is 14.0. The number of urea groups is 1. The Bertz CT molecular complexity index is 561. The number of benzene rings is 1. The highest BCUT2D eigenvalue weighted by atomic mass is 16.5. The first kappa shape index (κ1) is 19.5. The first-order chi connectivity index (χ1) is 11.5. The van der Waals surface area contributed by atoms with Crippen molar-refractivity contribution >= 4 is 23.6 Å². The highest BCUT2D eigenvalue weighted by Crippen LogP contribution is 2.11. The average molecular weight is 335 g/mol. The highest BCUT2D eigenvalue weighted by Gasteiger charge is 2.08. The summed E-state index contributed by atoms with van der Waals surface area (Å²) in [4.78, 5) is 33.8. The number of aryl methyl sites for hydroxylation is 1. The normalized spacial score (nSPS) is 10.0. The van der Waals surface area contributed by atoms with Gasteiger partial charge >= 0.3 is 12.0 Å². The van der Waals surface area contributed by atoms with E-state index in [2.05, 4.69) is 10.6 Å². The van der Waals surface area contributed by atoms with E-state index in [9.17, 15) is 14.4 Å². The van der Waals surface area contributed by atoms with Crippen LogP contribution >= 0.6 is 0 Å². The van der Waals surface area contributed by atoms with Crippen LogP contribution in [0.5, 0.6) is 0 Å². The van der Waals surface area contributed by atoms with Crippen molar-refractivity contribution in [1.82, 2.24) is 5.32 Å². The molecule has 1 aromatic carbocycles. The number of nitrogens with one attached hydrogen (secondary N) is 2. The summed E-state index contributed by atoms with van der Waals surface area (Å²) in [5.41, 5.74) is 6.75. The van der Waals surface area contributed by atoms with Gasteiger partial charge in [0.05, 0.1) is 0 Å². The van der Waals surface area contributed by atoms with Crippen molar-refractivity contribution in [2.75, 3.05) is 18.5 Å². The number of esters is 1. The van der Waals surface area contributed by atoms with Crippen molar-refractivity contribution in [3.8, 4) is 0 Å². The van der Waals surface area contributed by atoms with Crippen LogP contribution in [0.15, 0.2) is 24.3 Å². The minimum Gasteiger partial charge on any atom is -0.456 e. The molecule has 0 saturated heterocycles. The van der Waals surface area contributed by atoms with Gasteiger partial charge in [0.1, 0.15) is 0 Å². The van der Waals surface area contributed by atoms with Crippen LogP contribution in [0.4, 0.5) is 10.5 Å². The largest absolute Gasteiger partial charge is 0.456 e. The number of hydrogen-bond acceptors (Lipinski definition) is 4. The first-order valence-corrected chi connectivity index (χ1v) is 8.09. The molecule has 0 bridgehead atoms. The molecular formula is C17H25N3O4. The van der Waals surface area contributed by atoms with Crippen molar-refractivity contribution in [1.29, 1.82) is 0 Å². The minimum absolute atomic E-state index is 0.245. The summed E-state index contributed by atoms with van der Waals surface area (Å²) in [5, 5.41) is 5.17. The number of rotatable bonds is 10. The lowest BCUT2D eigenvalue weighted by Crippen LogP contribution is -2.29. The molecule has 1 rings (SSSR count). The fraction of sp³-hybridized carbons (Fsp3) is 0.471. The number of carbonyl (C=O) groups excluding carboxylic acids is 3. The van der Waals surface area contributed by atoms with Crippen molar-refractivity contribution in [3.05, 3.63) is 29.8 Å². The van der Waals surface area contributed by atoms with Crippen LogP contribution in [0.25, 0.3) is 0 Å². The monoisotopic (exact) mass is 335 g/mol. The van der Waals surface area contributed by atoms with E-state index in [0.29, 0.717) is 18.7 Å². The summed E-state index contributed by atoms with van der Waals surface area (Å²) in [6.07, 6.45) is 3.28. The molecule has 3 amide bonds. The predicted molar refractivity (Wildman–Crippen MR) is 91.5 cm³/mol. The molecule has 132 valence electrons. The second kappa shape index (κ2) is 11.0. The molecule has 0 radical (unpaired) electrons. The fourth-order valence-electron chi connectivity index (χ4n) is 2.07. The Morgan fingerprint density at radius 2 is 1.96 bits per heavy atom. The van der Waals surface area contributed by atoms with Gasteiger partial charge in [0.15, 0.2) is 6.61 Å². The summed E-state index contributed by atoms with van der Waals surface area (Å²) in [5.74, 6) is -0.766. The molecule has 0 atom stereocenters. The van der Waals surface area contributed by atoms with Crippen LogP contribution < -0.4 is 16.4 Å². The number of anilines is 1. The standard InChI is InChI=1S/C17H25N3O4/c1-2-13-7-6-8-14(11-13)20-15(21)12-24-16(22)9-4-3-5-10-19-17(18)23/h6-8,11H,2-5,9-10,12H2,1H3,(H,20,21)(H3,18,19,23). The number of carbonyl (C=O) groups is 3. The highest BCUT2D eigenvalue weighted by molar-refractivity contribution is 5.92. The van der Waals surface area contributed by atoms with E-state index in [-0.39, 0.29) is 18.9 Å². The Morgan fingerprint density at radius 3 is 2.67 bits per heavy atom. The first-order valence-electron chi connectivity index (χ1n) is 8.09. The SMILES string of the molecule is CCc1cccc(NC(=O)COC(=O)CCCCCNC(N)=O)c1. The molecule has 0 spiro atoms. The lowest BCUT2D eigenvalue weighted by molar-refractivity contribution is -0.147. The summed E-state index contributed by atoms with van der Waals surface area (Å²) >= 11 is 0. The van der Waals surface area contributed by atoms with Crippen LogP contribution in [0.3, 0.4) is 0 Å². The van der Waals surface area contributed by atoms with E-state index in [0.717, 1.165) is 24.8 Å². The molecular weight excluding hydrogens is 310 g/mol. The van der Waals surface area contributed by atoms with E-state index < -0.39 is 12.0 Å². The second-order valence-electron chi connectivity index (χ2n) is 5.36. The Balaban J connectivity index is 2.15. The Labute approximate surface area is 141 Å². The number of primary amides is 1. The number of unbranched alkanes of at least 4 members (excludes halogenated alkanes) is 2. The Hall–Kier alpha value is -2.57. The maximum atomic E-state index is 11.8. The van der Waals surface area contributed by atoms with E-state index in [1.54, 1.807) is 6.07 Å². The molecule has 0 aliphatic carbocycles. The average Bonchev–Trinajstić information content (AvgIpc) is 2.56. The molecule has 0 unspecified atom stereocenters. The summed E-state index contributed by atoms with van der Waals surface area (Å²) < 4.78 is 4.94. The van der Waals surface area contributed by atoms with Crippen LogP contribution in [-0.2, 0) is 20.7 Å². The third kappa shape index (κ3) is 8.77. The van der Waals surface area contributed by atoms with Crippen molar-refractivity contribution in [2.24, 2.45) is 5.73 Å². The van der Waals surface area contributed by atoms with Gasteiger partial charge in [-0.05, 0) is 37.0 Å². The lowest BCUT2D eigenvalue weighted by atomic mass is 10.1. The third-order valence-electron chi connectivity index (χ3n) is 3.34. The van der Waals surface area contributed by atoms with Gasteiger partial charge in [-0.15, -0.1) is 0 Å². The molecule has 4 N–H and O–H groups in total. The van der Waals surface area contributed by atoms with Crippen LogP contribution in [0, 0.1) is 0 Å². The maximum absolute atomic E-state index is 11.8. The summed E-state index contributed by atoms with van der Waals surface area (Å²) in [6.45, 7) is 2.23. The van der Waals surface area contributed by atoms with E-state index in [4.69, 9.17) is 10.5 Å². The summed E-state index contributed by atoms with van der Waals surface area (Å²) in [7, 11) is 0. The van der Waals surface area contributed by atoms with E-state index in [1.807, 2.05) is 25.1 Å². The molecule has 0 aliphatic heterocycles. The van der Waals surface area contributed by atoms with Gasteiger partial charge in [-0.2, -0.15) is 0 Å². The lowest BCUT2D eigenvalue weighted by Gasteiger charge is -2.08. The molecule has 0 aromatic heterocycles. The summed E-state index contributed by atoms with van der Waals surface area (Å²) in [6, 6.07) is 6.98. The van der Waals surface area contributed by atoms with Gasteiger partial charge in [0.2, 0.25) is 0 Å². The van der Waals surface area contributed by atoms with Gasteiger partial charge in [0.25, 0.3) is 5.91 Å². The number of hydrogen-bond donors (Lipinski definition) is 3. The van der Waals surface area contributed by atoms with E-state index in [1.165, 1.54) is 0 Å². The van der Waals surface area contributed by atoms with Gasteiger partial charge in [-0.25, -0.2) is 4.79 Å². The van der Waals surface area contributed by atoms with E-state index >= 15 is 0 Å². The topological polar surface area (TPSA) is 111 Å². The van der Waals surface area contributed by atoms with Crippen LogP contribution in [-0.4, -0.2) is 31.1 Å².